The number of aliphatic hydroxyl groups is 1. The van der Waals surface area contributed by atoms with E-state index in [1.807, 2.05) is 36.4 Å². The number of halogens is 1. The number of anilines is 1. The summed E-state index contributed by atoms with van der Waals surface area (Å²) < 4.78 is 0. The van der Waals surface area contributed by atoms with Crippen molar-refractivity contribution in [3.05, 3.63) is 64.7 Å². The Labute approximate surface area is 191 Å². The van der Waals surface area contributed by atoms with Crippen molar-refractivity contribution in [3.63, 3.8) is 0 Å². The fourth-order valence-electron chi connectivity index (χ4n) is 3.30. The van der Waals surface area contributed by atoms with Gasteiger partial charge in [-0.15, -0.1) is 0 Å². The van der Waals surface area contributed by atoms with Gasteiger partial charge in [0.25, 0.3) is 5.91 Å². The molecule has 168 valence electrons. The van der Waals surface area contributed by atoms with Gasteiger partial charge in [0.15, 0.2) is 0 Å². The van der Waals surface area contributed by atoms with Gasteiger partial charge in [-0.3, -0.25) is 10.0 Å². The summed E-state index contributed by atoms with van der Waals surface area (Å²) in [6.07, 6.45) is -1.14. The Bertz CT molecular complexity index is 991. The van der Waals surface area contributed by atoms with Crippen molar-refractivity contribution >= 4 is 29.2 Å². The summed E-state index contributed by atoms with van der Waals surface area (Å²) in [5, 5.41) is 21.6. The molecule has 0 aromatic heterocycles. The third-order valence-corrected chi connectivity index (χ3v) is 5.40. The lowest BCUT2D eigenvalue weighted by Crippen LogP contribution is -2.58. The van der Waals surface area contributed by atoms with Crippen molar-refractivity contribution in [3.8, 4) is 11.8 Å². The SMILES string of the molecule is C[C@@H](O)[C@H](NC(=O)N1CCN(c2ccc(C#Cc3ccc(Cl)cc3)cc2)CC1)C(=O)NO. The number of rotatable bonds is 4. The molecule has 2 atom stereocenters. The number of nitrogens with one attached hydrogen (secondary N) is 2. The van der Waals surface area contributed by atoms with Gasteiger partial charge in [0, 0.05) is 48.0 Å². The maximum absolute atomic E-state index is 12.4. The number of hydrogen-bond donors (Lipinski definition) is 4. The van der Waals surface area contributed by atoms with Gasteiger partial charge in [-0.25, -0.2) is 10.3 Å². The summed E-state index contributed by atoms with van der Waals surface area (Å²) in [5.74, 6) is 5.37. The lowest BCUT2D eigenvalue weighted by molar-refractivity contribution is -0.133. The highest BCUT2D eigenvalue weighted by Gasteiger charge is 2.29. The van der Waals surface area contributed by atoms with Crippen LogP contribution in [0, 0.1) is 11.8 Å². The lowest BCUT2D eigenvalue weighted by atomic mass is 10.1. The Balaban J connectivity index is 1.54. The summed E-state index contributed by atoms with van der Waals surface area (Å²) in [4.78, 5) is 27.8. The minimum Gasteiger partial charge on any atom is -0.391 e. The van der Waals surface area contributed by atoms with Gasteiger partial charge in [0.2, 0.25) is 0 Å². The Hall–Kier alpha value is -3.25. The number of piperazine rings is 1. The van der Waals surface area contributed by atoms with E-state index in [0.717, 1.165) is 16.8 Å². The van der Waals surface area contributed by atoms with Crippen molar-refractivity contribution < 1.29 is 19.9 Å². The molecule has 0 bridgehead atoms. The van der Waals surface area contributed by atoms with Gasteiger partial charge in [-0.2, -0.15) is 0 Å². The third-order valence-electron chi connectivity index (χ3n) is 5.15. The van der Waals surface area contributed by atoms with Crippen molar-refractivity contribution in [1.82, 2.24) is 15.7 Å². The van der Waals surface area contributed by atoms with Crippen LogP contribution in [0.25, 0.3) is 0 Å². The monoisotopic (exact) mass is 456 g/mol. The van der Waals surface area contributed by atoms with E-state index in [2.05, 4.69) is 22.1 Å². The van der Waals surface area contributed by atoms with Crippen LogP contribution in [0.3, 0.4) is 0 Å². The third kappa shape index (κ3) is 6.14. The number of urea groups is 1. The second-order valence-electron chi connectivity index (χ2n) is 7.42. The predicted octanol–water partition coefficient (Wildman–Crippen LogP) is 1.83. The topological polar surface area (TPSA) is 105 Å². The van der Waals surface area contributed by atoms with Crippen molar-refractivity contribution in [2.24, 2.45) is 0 Å². The number of carbonyl (C=O) groups is 2. The maximum atomic E-state index is 12.4. The number of nitrogens with zero attached hydrogens (tertiary/aromatic N) is 2. The standard InChI is InChI=1S/C23H25ClN4O4/c1-16(29)21(22(30)26-32)25-23(31)28-14-12-27(13-15-28)20-10-6-18(7-11-20)3-2-17-4-8-19(24)9-5-17/h4-11,16,21,29,32H,12-15H2,1H3,(H,25,31)(H,26,30)/t16-,21+/m1/s1. The molecule has 0 radical (unpaired) electrons. The fraction of sp³-hybridized carbons (Fsp3) is 0.304. The van der Waals surface area contributed by atoms with Gasteiger partial charge in [0.05, 0.1) is 6.10 Å². The van der Waals surface area contributed by atoms with Crippen LogP contribution in [0.2, 0.25) is 5.02 Å². The minimum absolute atomic E-state index is 0.456. The van der Waals surface area contributed by atoms with E-state index in [-0.39, 0.29) is 0 Å². The van der Waals surface area contributed by atoms with Crippen molar-refractivity contribution in [2.45, 2.75) is 19.1 Å². The summed E-state index contributed by atoms with van der Waals surface area (Å²) in [7, 11) is 0. The summed E-state index contributed by atoms with van der Waals surface area (Å²) in [6.45, 7) is 3.51. The lowest BCUT2D eigenvalue weighted by Gasteiger charge is -2.36. The molecule has 9 heteroatoms. The first-order valence-electron chi connectivity index (χ1n) is 10.2. The molecule has 0 saturated carbocycles. The molecule has 1 heterocycles. The zero-order valence-electron chi connectivity index (χ0n) is 17.6. The molecule has 1 aliphatic heterocycles. The smallest absolute Gasteiger partial charge is 0.318 e. The van der Waals surface area contributed by atoms with Crippen LogP contribution in [0.4, 0.5) is 10.5 Å². The van der Waals surface area contributed by atoms with Crippen LogP contribution in [-0.4, -0.2) is 65.5 Å². The summed E-state index contributed by atoms with van der Waals surface area (Å²) in [5.41, 5.74) is 4.27. The highest BCUT2D eigenvalue weighted by molar-refractivity contribution is 6.30. The Kier molecular flexibility index (Phi) is 7.95. The Morgan fingerprint density at radius 2 is 1.50 bits per heavy atom. The van der Waals surface area contributed by atoms with E-state index < -0.39 is 24.1 Å². The van der Waals surface area contributed by atoms with Gasteiger partial charge in [0.1, 0.15) is 6.04 Å². The zero-order chi connectivity index (χ0) is 23.1. The number of carbonyl (C=O) groups excluding carboxylic acids is 2. The van der Waals surface area contributed by atoms with Crippen LogP contribution in [-0.2, 0) is 4.79 Å². The summed E-state index contributed by atoms with van der Waals surface area (Å²) >= 11 is 5.89. The number of benzene rings is 2. The molecule has 3 rings (SSSR count). The van der Waals surface area contributed by atoms with E-state index in [1.54, 1.807) is 17.0 Å². The van der Waals surface area contributed by atoms with E-state index in [0.29, 0.717) is 31.2 Å². The average molecular weight is 457 g/mol. The second kappa shape index (κ2) is 10.9. The normalized spacial score (nSPS) is 15.2. The van der Waals surface area contributed by atoms with Gasteiger partial charge in [-0.1, -0.05) is 23.4 Å². The minimum atomic E-state index is -1.23. The average Bonchev–Trinajstić information content (AvgIpc) is 2.82. The molecule has 1 saturated heterocycles. The van der Waals surface area contributed by atoms with Gasteiger partial charge < -0.3 is 20.2 Å². The molecule has 3 amide bonds. The number of amides is 3. The number of hydroxylamine groups is 1. The molecule has 0 spiro atoms. The molecule has 2 aromatic carbocycles. The highest BCUT2D eigenvalue weighted by Crippen LogP contribution is 2.17. The first-order chi connectivity index (χ1) is 15.4. The van der Waals surface area contributed by atoms with Crippen LogP contribution in [0.1, 0.15) is 18.1 Å². The highest BCUT2D eigenvalue weighted by atomic mass is 35.5. The van der Waals surface area contributed by atoms with Crippen molar-refractivity contribution in [1.29, 1.82) is 0 Å². The Morgan fingerprint density at radius 3 is 2.00 bits per heavy atom. The van der Waals surface area contributed by atoms with E-state index >= 15 is 0 Å². The zero-order valence-corrected chi connectivity index (χ0v) is 18.3. The largest absolute Gasteiger partial charge is 0.391 e. The number of aliphatic hydroxyl groups excluding tert-OH is 1. The van der Waals surface area contributed by atoms with Gasteiger partial charge >= 0.3 is 6.03 Å². The van der Waals surface area contributed by atoms with E-state index in [9.17, 15) is 14.7 Å². The molecular weight excluding hydrogens is 432 g/mol. The van der Waals surface area contributed by atoms with E-state index in [4.69, 9.17) is 16.8 Å². The quantitative estimate of drug-likeness (QED) is 0.319. The predicted molar refractivity (Wildman–Crippen MR) is 122 cm³/mol. The van der Waals surface area contributed by atoms with Gasteiger partial charge in [-0.05, 0) is 55.5 Å². The molecular formula is C23H25ClN4O4. The first-order valence-corrected chi connectivity index (χ1v) is 10.5. The van der Waals surface area contributed by atoms with Crippen molar-refractivity contribution in [2.75, 3.05) is 31.1 Å². The molecule has 0 unspecified atom stereocenters. The van der Waals surface area contributed by atoms with E-state index in [1.165, 1.54) is 12.4 Å². The molecule has 1 aliphatic rings. The molecule has 1 fully saturated rings. The second-order valence-corrected chi connectivity index (χ2v) is 7.86. The fourth-order valence-corrected chi connectivity index (χ4v) is 3.43. The number of hydrogen-bond acceptors (Lipinski definition) is 5. The van der Waals surface area contributed by atoms with Crippen LogP contribution in [0.5, 0.6) is 0 Å². The molecule has 32 heavy (non-hydrogen) atoms. The molecule has 2 aromatic rings. The van der Waals surface area contributed by atoms with Crippen LogP contribution < -0.4 is 15.7 Å². The summed E-state index contributed by atoms with van der Waals surface area (Å²) in [6, 6.07) is 13.6. The van der Waals surface area contributed by atoms with Crippen LogP contribution >= 0.6 is 11.6 Å². The Morgan fingerprint density at radius 1 is 0.969 bits per heavy atom. The molecule has 4 N–H and O–H groups in total. The first kappa shape index (κ1) is 23.4. The maximum Gasteiger partial charge on any atom is 0.318 e. The molecule has 0 aliphatic carbocycles. The van der Waals surface area contributed by atoms with Crippen LogP contribution in [0.15, 0.2) is 48.5 Å². The molecule has 8 nitrogen and oxygen atoms in total.